The largest absolute Gasteiger partial charge is 0.493 e. The van der Waals surface area contributed by atoms with Crippen molar-refractivity contribution in [3.8, 4) is 28.7 Å². The number of carbonyl (C=O) groups is 1. The van der Waals surface area contributed by atoms with Gasteiger partial charge in [-0.1, -0.05) is 12.1 Å². The number of halogens is 1. The lowest BCUT2D eigenvalue weighted by Crippen LogP contribution is -2.27. The zero-order valence-corrected chi connectivity index (χ0v) is 24.8. The minimum absolute atomic E-state index is 0.0572. The van der Waals surface area contributed by atoms with Crippen molar-refractivity contribution in [1.29, 1.82) is 0 Å². The Bertz CT molecular complexity index is 1450. The molecule has 0 bridgehead atoms. The summed E-state index contributed by atoms with van der Waals surface area (Å²) < 4.78 is 28.9. The van der Waals surface area contributed by atoms with Crippen LogP contribution in [0.5, 0.6) is 28.7 Å². The van der Waals surface area contributed by atoms with Crippen LogP contribution in [-0.2, 0) is 4.79 Å². The molecule has 210 valence electrons. The number of Topliss-reactive ketones (excluding diaryl/α,β-unsaturated/α-hetero) is 1. The highest BCUT2D eigenvalue weighted by Gasteiger charge is 2.37. The van der Waals surface area contributed by atoms with Gasteiger partial charge in [0, 0.05) is 17.7 Å². The molecule has 0 fully saturated rings. The number of hydrogen-bond donors (Lipinski definition) is 2. The number of allylic oxidation sites excluding steroid dienone is 1. The van der Waals surface area contributed by atoms with Crippen LogP contribution in [0.1, 0.15) is 42.9 Å². The van der Waals surface area contributed by atoms with E-state index in [0.29, 0.717) is 53.8 Å². The number of ether oxygens (including phenoxy) is 5. The summed E-state index contributed by atoms with van der Waals surface area (Å²) in [5, 5.41) is 7.21. The summed E-state index contributed by atoms with van der Waals surface area (Å²) in [5.74, 6) is 2.85. The average molecular weight is 610 g/mol. The van der Waals surface area contributed by atoms with E-state index >= 15 is 0 Å². The van der Waals surface area contributed by atoms with Crippen LogP contribution in [0.2, 0.25) is 0 Å². The molecular weight excluding hydrogens is 576 g/mol. The third-order valence-corrected chi connectivity index (χ3v) is 7.93. The third kappa shape index (κ3) is 5.06. The predicted molar refractivity (Wildman–Crippen MR) is 158 cm³/mol. The van der Waals surface area contributed by atoms with E-state index in [2.05, 4.69) is 26.6 Å². The fourth-order valence-electron chi connectivity index (χ4n) is 5.51. The standard InChI is InChI=1S/C31H33BrN2O6/c1-6-40-30-20(32)11-19(16-25(30)36-2)29-28-23(33-21-9-7-8-10-22(21)34-29)12-17(13-24(28)35)18-14-26(37-3)31(39-5)27(15-18)38-4/h7-11,14-17,29,33-34H,6,12-13H2,1-5H3/t17-,29-/m1/s1. The minimum atomic E-state index is -0.402. The Labute approximate surface area is 242 Å². The zero-order chi connectivity index (χ0) is 28.4. The maximum atomic E-state index is 14.0. The first-order chi connectivity index (χ1) is 19.4. The van der Waals surface area contributed by atoms with Crippen molar-refractivity contribution in [3.63, 3.8) is 0 Å². The van der Waals surface area contributed by atoms with Crippen molar-refractivity contribution in [2.75, 3.05) is 45.7 Å². The summed E-state index contributed by atoms with van der Waals surface area (Å²) in [6.07, 6.45) is 0.963. The number of anilines is 2. The Kier molecular flexibility index (Phi) is 8.12. The first kappa shape index (κ1) is 27.7. The fourth-order valence-corrected chi connectivity index (χ4v) is 6.08. The first-order valence-electron chi connectivity index (χ1n) is 13.1. The van der Waals surface area contributed by atoms with Crippen LogP contribution in [0.3, 0.4) is 0 Å². The zero-order valence-electron chi connectivity index (χ0n) is 23.2. The van der Waals surface area contributed by atoms with Crippen LogP contribution in [0.25, 0.3) is 0 Å². The average Bonchev–Trinajstić information content (AvgIpc) is 3.14. The van der Waals surface area contributed by atoms with Gasteiger partial charge in [-0.15, -0.1) is 0 Å². The van der Waals surface area contributed by atoms with E-state index in [0.717, 1.165) is 32.7 Å². The van der Waals surface area contributed by atoms with E-state index in [9.17, 15) is 4.79 Å². The number of benzene rings is 3. The number of carbonyl (C=O) groups excluding carboxylic acids is 1. The summed E-state index contributed by atoms with van der Waals surface area (Å²) in [7, 11) is 6.38. The van der Waals surface area contributed by atoms with Gasteiger partial charge in [-0.05, 0) is 82.7 Å². The molecule has 0 unspecified atom stereocenters. The second-order valence-electron chi connectivity index (χ2n) is 9.59. The normalized spacial score (nSPS) is 18.0. The Morgan fingerprint density at radius 2 is 1.45 bits per heavy atom. The smallest absolute Gasteiger partial charge is 0.203 e. The lowest BCUT2D eigenvalue weighted by atomic mass is 9.78. The van der Waals surface area contributed by atoms with Crippen LogP contribution >= 0.6 is 15.9 Å². The molecule has 0 spiro atoms. The lowest BCUT2D eigenvalue weighted by molar-refractivity contribution is -0.116. The van der Waals surface area contributed by atoms with Crippen molar-refractivity contribution in [2.24, 2.45) is 0 Å². The highest BCUT2D eigenvalue weighted by Crippen LogP contribution is 2.48. The molecule has 0 saturated heterocycles. The highest BCUT2D eigenvalue weighted by atomic mass is 79.9. The SMILES string of the molecule is CCOc1c(Br)cc([C@H]2Nc3ccccc3NC3=C2C(=O)C[C@H](c2cc(OC)c(OC)c(OC)c2)C3)cc1OC. The number of ketones is 1. The number of nitrogens with one attached hydrogen (secondary N) is 2. The molecule has 40 heavy (non-hydrogen) atoms. The molecule has 9 heteroatoms. The number of para-hydroxylation sites is 2. The van der Waals surface area contributed by atoms with Gasteiger partial charge < -0.3 is 34.3 Å². The second kappa shape index (κ2) is 11.7. The molecule has 0 amide bonds. The van der Waals surface area contributed by atoms with Crippen molar-refractivity contribution in [2.45, 2.75) is 31.7 Å². The quantitative estimate of drug-likeness (QED) is 0.287. The van der Waals surface area contributed by atoms with E-state index in [1.54, 1.807) is 28.4 Å². The van der Waals surface area contributed by atoms with E-state index < -0.39 is 6.04 Å². The summed E-state index contributed by atoms with van der Waals surface area (Å²) in [4.78, 5) is 14.0. The fraction of sp³-hybridized carbons (Fsp3) is 0.323. The van der Waals surface area contributed by atoms with Gasteiger partial charge in [0.05, 0.1) is 56.9 Å². The van der Waals surface area contributed by atoms with Crippen LogP contribution < -0.4 is 34.3 Å². The molecular formula is C31H33BrN2O6. The van der Waals surface area contributed by atoms with Gasteiger partial charge in [-0.3, -0.25) is 4.79 Å². The molecule has 0 saturated carbocycles. The van der Waals surface area contributed by atoms with Gasteiger partial charge in [-0.2, -0.15) is 0 Å². The van der Waals surface area contributed by atoms with E-state index in [-0.39, 0.29) is 11.7 Å². The summed E-state index contributed by atoms with van der Waals surface area (Å²) in [6.45, 7) is 2.43. The van der Waals surface area contributed by atoms with Crippen LogP contribution in [0.15, 0.2) is 64.3 Å². The summed E-state index contributed by atoms with van der Waals surface area (Å²) >= 11 is 3.66. The number of rotatable bonds is 8. The monoisotopic (exact) mass is 608 g/mol. The number of methoxy groups -OCH3 is 4. The molecule has 1 aliphatic heterocycles. The van der Waals surface area contributed by atoms with Crippen molar-refractivity contribution in [1.82, 2.24) is 0 Å². The lowest BCUT2D eigenvalue weighted by Gasteiger charge is -2.30. The van der Waals surface area contributed by atoms with Crippen molar-refractivity contribution >= 4 is 33.1 Å². The van der Waals surface area contributed by atoms with Crippen LogP contribution in [0, 0.1) is 0 Å². The van der Waals surface area contributed by atoms with E-state index in [1.165, 1.54) is 0 Å². The summed E-state index contributed by atoms with van der Waals surface area (Å²) in [6, 6.07) is 15.4. The molecule has 3 aromatic rings. The van der Waals surface area contributed by atoms with Gasteiger partial charge in [0.15, 0.2) is 28.8 Å². The topological polar surface area (TPSA) is 87.3 Å². The molecule has 8 nitrogen and oxygen atoms in total. The van der Waals surface area contributed by atoms with E-state index in [4.69, 9.17) is 23.7 Å². The Morgan fingerprint density at radius 3 is 2.08 bits per heavy atom. The predicted octanol–water partition coefficient (Wildman–Crippen LogP) is 6.86. The highest BCUT2D eigenvalue weighted by molar-refractivity contribution is 9.10. The molecule has 0 radical (unpaired) electrons. The van der Waals surface area contributed by atoms with E-state index in [1.807, 2.05) is 55.5 Å². The van der Waals surface area contributed by atoms with Gasteiger partial charge >= 0.3 is 0 Å². The minimum Gasteiger partial charge on any atom is -0.493 e. The summed E-state index contributed by atoms with van der Waals surface area (Å²) in [5.41, 5.74) is 5.23. The molecule has 2 N–H and O–H groups in total. The van der Waals surface area contributed by atoms with Crippen molar-refractivity contribution < 1.29 is 28.5 Å². The first-order valence-corrected chi connectivity index (χ1v) is 13.9. The third-order valence-electron chi connectivity index (χ3n) is 7.34. The van der Waals surface area contributed by atoms with Gasteiger partial charge in [-0.25, -0.2) is 0 Å². The van der Waals surface area contributed by atoms with Gasteiger partial charge in [0.1, 0.15) is 0 Å². The molecule has 3 aromatic carbocycles. The molecule has 1 aliphatic carbocycles. The van der Waals surface area contributed by atoms with Gasteiger partial charge in [0.2, 0.25) is 5.75 Å². The Morgan fingerprint density at radius 1 is 0.825 bits per heavy atom. The molecule has 0 aromatic heterocycles. The molecule has 2 aliphatic rings. The molecule has 2 atom stereocenters. The Balaban J connectivity index is 1.62. The molecule has 1 heterocycles. The number of hydrogen-bond acceptors (Lipinski definition) is 8. The molecule has 5 rings (SSSR count). The number of fused-ring (bicyclic) bond motifs is 1. The maximum absolute atomic E-state index is 14.0. The second-order valence-corrected chi connectivity index (χ2v) is 10.4. The van der Waals surface area contributed by atoms with Crippen LogP contribution in [-0.4, -0.2) is 40.8 Å². The van der Waals surface area contributed by atoms with Crippen LogP contribution in [0.4, 0.5) is 11.4 Å². The maximum Gasteiger partial charge on any atom is 0.203 e. The van der Waals surface area contributed by atoms with Crippen molar-refractivity contribution in [3.05, 3.63) is 75.4 Å². The Hall–Kier alpha value is -3.85. The van der Waals surface area contributed by atoms with Gasteiger partial charge in [0.25, 0.3) is 0 Å².